The summed E-state index contributed by atoms with van der Waals surface area (Å²) in [5, 5.41) is 9.62. The number of aryl methyl sites for hydroxylation is 2. The van der Waals surface area contributed by atoms with E-state index in [-0.39, 0.29) is 4.90 Å². The maximum atomic E-state index is 12.9. The van der Waals surface area contributed by atoms with E-state index < -0.39 is 10.0 Å². The van der Waals surface area contributed by atoms with Gasteiger partial charge in [-0.3, -0.25) is 4.72 Å². The Labute approximate surface area is 179 Å². The molecule has 0 unspecified atom stereocenters. The minimum atomic E-state index is -3.78. The summed E-state index contributed by atoms with van der Waals surface area (Å²) in [4.78, 5) is 0.176. The summed E-state index contributed by atoms with van der Waals surface area (Å²) < 4.78 is 30.5. The Balaban J connectivity index is 1.70. The predicted octanol–water partition coefficient (Wildman–Crippen LogP) is 5.09. The topological polar surface area (TPSA) is 76.9 Å². The smallest absolute Gasteiger partial charge is 0.262 e. The second-order valence-corrected chi connectivity index (χ2v) is 9.61. The average molecular weight is 451 g/mol. The highest BCUT2D eigenvalue weighted by Crippen LogP contribution is 2.32. The number of sulfonamides is 1. The zero-order valence-corrected chi connectivity index (χ0v) is 18.2. The van der Waals surface area contributed by atoms with Crippen LogP contribution in [-0.2, 0) is 23.0 Å². The van der Waals surface area contributed by atoms with Gasteiger partial charge in [0.2, 0.25) is 0 Å². The van der Waals surface area contributed by atoms with Gasteiger partial charge in [0, 0.05) is 29.2 Å². The third kappa shape index (κ3) is 4.13. The molecule has 2 heterocycles. The first-order valence-corrected chi connectivity index (χ1v) is 11.6. The van der Waals surface area contributed by atoms with Crippen LogP contribution >= 0.6 is 23.2 Å². The average Bonchev–Trinajstić information content (AvgIpc) is 2.90. The van der Waals surface area contributed by atoms with E-state index >= 15 is 0 Å². The van der Waals surface area contributed by atoms with Crippen LogP contribution in [0.15, 0.2) is 41.3 Å². The molecule has 0 fully saturated rings. The molecule has 6 nitrogen and oxygen atoms in total. The maximum Gasteiger partial charge on any atom is 0.262 e. The van der Waals surface area contributed by atoms with E-state index in [4.69, 9.17) is 23.2 Å². The molecule has 0 spiro atoms. The number of aromatic nitrogens is 3. The van der Waals surface area contributed by atoms with Gasteiger partial charge in [0.1, 0.15) is 5.82 Å². The molecule has 1 aromatic heterocycles. The second-order valence-electron chi connectivity index (χ2n) is 7.11. The van der Waals surface area contributed by atoms with E-state index in [0.29, 0.717) is 32.7 Å². The second kappa shape index (κ2) is 7.97. The quantitative estimate of drug-likeness (QED) is 0.600. The number of nitrogens with zero attached hydrogens (tertiary/aromatic N) is 3. The minimum absolute atomic E-state index is 0.176. The minimum Gasteiger partial charge on any atom is -0.311 e. The van der Waals surface area contributed by atoms with Crippen LogP contribution in [0.4, 0.5) is 5.69 Å². The Morgan fingerprint density at radius 3 is 2.66 bits per heavy atom. The largest absolute Gasteiger partial charge is 0.311 e. The summed E-state index contributed by atoms with van der Waals surface area (Å²) in [6.07, 6.45) is 4.17. The molecule has 4 rings (SSSR count). The van der Waals surface area contributed by atoms with Crippen molar-refractivity contribution in [3.8, 4) is 11.4 Å². The number of halogens is 2. The summed E-state index contributed by atoms with van der Waals surface area (Å²) >= 11 is 12.4. The molecule has 1 N–H and O–H groups in total. The fourth-order valence-electron chi connectivity index (χ4n) is 3.57. The summed E-state index contributed by atoms with van der Waals surface area (Å²) in [5.74, 6) is 1.60. The molecule has 0 atom stereocenters. The molecule has 152 valence electrons. The van der Waals surface area contributed by atoms with Gasteiger partial charge in [-0.2, -0.15) is 0 Å². The van der Waals surface area contributed by atoms with Crippen LogP contribution in [0.1, 0.15) is 30.7 Å². The standard InChI is InChI=1S/C20H20Cl2N4O2S/c1-13-11-14(21)6-9-18(13)29(27,28)25-15-7-8-17(22)16(12-15)20-24-23-19-5-3-2-4-10-26(19)20/h6-9,11-12,25H,2-5,10H2,1H3. The highest BCUT2D eigenvalue weighted by molar-refractivity contribution is 7.92. The monoisotopic (exact) mass is 450 g/mol. The Kier molecular flexibility index (Phi) is 5.55. The van der Waals surface area contributed by atoms with Crippen LogP contribution in [-0.4, -0.2) is 23.2 Å². The molecule has 0 amide bonds. The van der Waals surface area contributed by atoms with Gasteiger partial charge >= 0.3 is 0 Å². The highest BCUT2D eigenvalue weighted by Gasteiger charge is 2.21. The number of fused-ring (bicyclic) bond motifs is 1. The summed E-state index contributed by atoms with van der Waals surface area (Å²) in [6.45, 7) is 2.53. The van der Waals surface area contributed by atoms with Gasteiger partial charge in [-0.25, -0.2) is 8.42 Å². The first-order valence-electron chi connectivity index (χ1n) is 9.36. The van der Waals surface area contributed by atoms with Crippen molar-refractivity contribution in [2.45, 2.75) is 44.0 Å². The van der Waals surface area contributed by atoms with Crippen LogP contribution in [0.3, 0.4) is 0 Å². The Hall–Kier alpha value is -2.09. The third-order valence-corrected chi connectivity index (χ3v) is 7.10. The predicted molar refractivity (Wildman–Crippen MR) is 115 cm³/mol. The Morgan fingerprint density at radius 1 is 1.03 bits per heavy atom. The first-order chi connectivity index (χ1) is 13.8. The van der Waals surface area contributed by atoms with E-state index in [1.807, 2.05) is 0 Å². The van der Waals surface area contributed by atoms with E-state index in [2.05, 4.69) is 19.5 Å². The van der Waals surface area contributed by atoms with E-state index in [1.165, 1.54) is 6.07 Å². The number of nitrogens with one attached hydrogen (secondary N) is 1. The molecule has 0 bridgehead atoms. The zero-order chi connectivity index (χ0) is 20.6. The molecule has 0 saturated carbocycles. The van der Waals surface area contributed by atoms with Gasteiger partial charge in [0.25, 0.3) is 10.0 Å². The molecule has 1 aliphatic rings. The first kappa shape index (κ1) is 20.2. The number of hydrogen-bond donors (Lipinski definition) is 1. The fraction of sp³-hybridized carbons (Fsp3) is 0.300. The summed E-state index contributed by atoms with van der Waals surface area (Å²) in [5.41, 5.74) is 1.63. The third-order valence-electron chi connectivity index (χ3n) is 5.00. The lowest BCUT2D eigenvalue weighted by Crippen LogP contribution is -2.14. The number of rotatable bonds is 4. The Bertz CT molecular complexity index is 1180. The van der Waals surface area contributed by atoms with E-state index in [0.717, 1.165) is 38.1 Å². The van der Waals surface area contributed by atoms with Crippen LogP contribution in [0.5, 0.6) is 0 Å². The van der Waals surface area contributed by atoms with E-state index in [1.54, 1.807) is 37.3 Å². The Morgan fingerprint density at radius 2 is 1.86 bits per heavy atom. The van der Waals surface area contributed by atoms with Gasteiger partial charge in [-0.05, 0) is 61.7 Å². The zero-order valence-electron chi connectivity index (χ0n) is 15.8. The molecule has 0 saturated heterocycles. The highest BCUT2D eigenvalue weighted by atomic mass is 35.5. The van der Waals surface area contributed by atoms with Crippen LogP contribution in [0.2, 0.25) is 10.0 Å². The van der Waals surface area contributed by atoms with Gasteiger partial charge in [0.15, 0.2) is 5.82 Å². The van der Waals surface area contributed by atoms with Crippen molar-refractivity contribution in [1.29, 1.82) is 0 Å². The molecule has 9 heteroatoms. The SMILES string of the molecule is Cc1cc(Cl)ccc1S(=O)(=O)Nc1ccc(Cl)c(-c2nnc3n2CCCCC3)c1. The van der Waals surface area contributed by atoms with Crippen molar-refractivity contribution in [2.75, 3.05) is 4.72 Å². The van der Waals surface area contributed by atoms with Crippen molar-refractivity contribution in [3.63, 3.8) is 0 Å². The van der Waals surface area contributed by atoms with Gasteiger partial charge < -0.3 is 4.57 Å². The molecule has 0 aliphatic carbocycles. The van der Waals surface area contributed by atoms with Crippen LogP contribution in [0.25, 0.3) is 11.4 Å². The van der Waals surface area contributed by atoms with Crippen molar-refractivity contribution in [3.05, 3.63) is 57.8 Å². The van der Waals surface area contributed by atoms with E-state index in [9.17, 15) is 8.42 Å². The molecular weight excluding hydrogens is 431 g/mol. The van der Waals surface area contributed by atoms with Crippen molar-refractivity contribution in [2.24, 2.45) is 0 Å². The number of hydrogen-bond acceptors (Lipinski definition) is 4. The lowest BCUT2D eigenvalue weighted by atomic mass is 10.2. The van der Waals surface area contributed by atoms with Crippen molar-refractivity contribution < 1.29 is 8.42 Å². The number of benzene rings is 2. The molecular formula is C20H20Cl2N4O2S. The maximum absolute atomic E-state index is 12.9. The summed E-state index contributed by atoms with van der Waals surface area (Å²) in [6, 6.07) is 9.68. The lowest BCUT2D eigenvalue weighted by molar-refractivity contribution is 0.600. The van der Waals surface area contributed by atoms with Crippen LogP contribution < -0.4 is 4.72 Å². The van der Waals surface area contributed by atoms with Gasteiger partial charge in [-0.15, -0.1) is 10.2 Å². The molecule has 29 heavy (non-hydrogen) atoms. The molecule has 0 radical (unpaired) electrons. The summed E-state index contributed by atoms with van der Waals surface area (Å²) in [7, 11) is -3.78. The van der Waals surface area contributed by atoms with Crippen molar-refractivity contribution in [1.82, 2.24) is 14.8 Å². The van der Waals surface area contributed by atoms with Gasteiger partial charge in [-0.1, -0.05) is 29.6 Å². The van der Waals surface area contributed by atoms with Gasteiger partial charge in [0.05, 0.1) is 9.92 Å². The fourth-order valence-corrected chi connectivity index (χ4v) is 5.27. The lowest BCUT2D eigenvalue weighted by Gasteiger charge is -2.13. The molecule has 3 aromatic rings. The van der Waals surface area contributed by atoms with Crippen LogP contribution in [0, 0.1) is 6.92 Å². The number of anilines is 1. The molecule has 2 aromatic carbocycles. The molecule has 1 aliphatic heterocycles. The van der Waals surface area contributed by atoms with Crippen molar-refractivity contribution >= 4 is 38.9 Å². The normalized spacial score (nSPS) is 14.3.